The Kier molecular flexibility index (Phi) is 2.67. The van der Waals surface area contributed by atoms with Crippen LogP contribution in [0.1, 0.15) is 27.7 Å². The topological polar surface area (TPSA) is 63.4 Å². The van der Waals surface area contributed by atoms with E-state index in [0.717, 1.165) is 0 Å². The maximum absolute atomic E-state index is 11.7. The summed E-state index contributed by atoms with van der Waals surface area (Å²) in [6.07, 6.45) is 0. The summed E-state index contributed by atoms with van der Waals surface area (Å²) in [5.74, 6) is -0.600. The molecule has 1 heterocycles. The number of rotatable bonds is 2. The lowest BCUT2D eigenvalue weighted by molar-refractivity contribution is -0.140. The van der Waals surface area contributed by atoms with Crippen LogP contribution in [0.3, 0.4) is 0 Å². The Bertz CT molecular complexity index is 248. The highest BCUT2D eigenvalue weighted by atomic mass is 16.2. The highest BCUT2D eigenvalue weighted by Crippen LogP contribution is 2.26. The summed E-state index contributed by atoms with van der Waals surface area (Å²) in [5.41, 5.74) is 5.27. The van der Waals surface area contributed by atoms with Crippen LogP contribution in [0.15, 0.2) is 0 Å². The lowest BCUT2D eigenvalue weighted by Crippen LogP contribution is -2.47. The molecule has 2 atom stereocenters. The van der Waals surface area contributed by atoms with Crippen molar-refractivity contribution in [2.45, 2.75) is 33.2 Å². The van der Waals surface area contributed by atoms with E-state index < -0.39 is 5.54 Å². The highest BCUT2D eigenvalue weighted by Gasteiger charge is 2.43. The first-order valence-electron chi connectivity index (χ1n) is 4.88. The molecule has 0 aromatic rings. The normalized spacial score (nSPS) is 28.8. The zero-order valence-corrected chi connectivity index (χ0v) is 9.20. The molecule has 1 aliphatic heterocycles. The Balaban J connectivity index is 2.81. The van der Waals surface area contributed by atoms with Gasteiger partial charge in [-0.3, -0.25) is 14.5 Å². The molecule has 1 rings (SSSR count). The van der Waals surface area contributed by atoms with Gasteiger partial charge in [0, 0.05) is 23.9 Å². The van der Waals surface area contributed by atoms with Crippen LogP contribution in [-0.2, 0) is 9.59 Å². The van der Waals surface area contributed by atoms with Crippen LogP contribution in [0.5, 0.6) is 0 Å². The van der Waals surface area contributed by atoms with Crippen LogP contribution in [0.4, 0.5) is 0 Å². The second-order valence-electron chi connectivity index (χ2n) is 4.83. The van der Waals surface area contributed by atoms with E-state index in [1.54, 1.807) is 27.7 Å². The summed E-state index contributed by atoms with van der Waals surface area (Å²) in [7, 11) is 0. The first-order valence-corrected chi connectivity index (χ1v) is 4.88. The lowest BCUT2D eigenvalue weighted by atomic mass is 10.00. The summed E-state index contributed by atoms with van der Waals surface area (Å²) in [4.78, 5) is 24.6. The van der Waals surface area contributed by atoms with E-state index in [2.05, 4.69) is 0 Å². The predicted molar refractivity (Wildman–Crippen MR) is 53.3 cm³/mol. The molecule has 1 fully saturated rings. The van der Waals surface area contributed by atoms with Gasteiger partial charge in [0.25, 0.3) is 0 Å². The zero-order chi connectivity index (χ0) is 11.1. The van der Waals surface area contributed by atoms with Crippen molar-refractivity contribution in [1.82, 2.24) is 4.90 Å². The van der Waals surface area contributed by atoms with Gasteiger partial charge >= 0.3 is 0 Å². The summed E-state index contributed by atoms with van der Waals surface area (Å²) in [6.45, 7) is 7.49. The fourth-order valence-corrected chi connectivity index (χ4v) is 1.59. The van der Waals surface area contributed by atoms with Crippen LogP contribution >= 0.6 is 0 Å². The zero-order valence-electron chi connectivity index (χ0n) is 9.20. The second kappa shape index (κ2) is 3.35. The summed E-state index contributed by atoms with van der Waals surface area (Å²) in [5, 5.41) is 0. The van der Waals surface area contributed by atoms with E-state index in [-0.39, 0.29) is 23.7 Å². The molecule has 4 heteroatoms. The van der Waals surface area contributed by atoms with Crippen molar-refractivity contribution in [2.24, 2.45) is 17.6 Å². The number of likely N-dealkylation sites (tertiary alicyclic amines) is 1. The molecule has 0 aliphatic carbocycles. The maximum Gasteiger partial charge on any atom is 0.232 e. The number of imide groups is 1. The van der Waals surface area contributed by atoms with E-state index in [0.29, 0.717) is 6.54 Å². The average molecular weight is 198 g/mol. The van der Waals surface area contributed by atoms with E-state index in [9.17, 15) is 9.59 Å². The minimum Gasteiger partial charge on any atom is -0.324 e. The Morgan fingerprint density at radius 3 is 1.86 bits per heavy atom. The minimum atomic E-state index is -0.519. The molecule has 1 saturated heterocycles. The van der Waals surface area contributed by atoms with Crippen molar-refractivity contribution in [3.63, 3.8) is 0 Å². The molecule has 0 spiro atoms. The molecule has 0 bridgehead atoms. The van der Waals surface area contributed by atoms with Gasteiger partial charge in [-0.05, 0) is 13.8 Å². The molecule has 80 valence electrons. The van der Waals surface area contributed by atoms with Gasteiger partial charge in [0.05, 0.1) is 0 Å². The Morgan fingerprint density at radius 1 is 1.21 bits per heavy atom. The molecular weight excluding hydrogens is 180 g/mol. The van der Waals surface area contributed by atoms with E-state index >= 15 is 0 Å². The molecule has 1 aliphatic rings. The van der Waals surface area contributed by atoms with E-state index in [4.69, 9.17) is 5.73 Å². The van der Waals surface area contributed by atoms with Crippen molar-refractivity contribution in [2.75, 3.05) is 6.54 Å². The molecule has 0 aromatic heterocycles. The van der Waals surface area contributed by atoms with Crippen molar-refractivity contribution in [1.29, 1.82) is 0 Å². The van der Waals surface area contributed by atoms with Crippen LogP contribution in [0.25, 0.3) is 0 Å². The number of amides is 2. The van der Waals surface area contributed by atoms with Crippen molar-refractivity contribution >= 4 is 11.8 Å². The number of nitrogens with zero attached hydrogens (tertiary/aromatic N) is 1. The number of carbonyl (C=O) groups excluding carboxylic acids is 2. The first kappa shape index (κ1) is 11.2. The second-order valence-corrected chi connectivity index (χ2v) is 4.83. The van der Waals surface area contributed by atoms with Crippen LogP contribution in [0, 0.1) is 11.8 Å². The van der Waals surface area contributed by atoms with Gasteiger partial charge < -0.3 is 5.73 Å². The third-order valence-electron chi connectivity index (χ3n) is 2.63. The van der Waals surface area contributed by atoms with Gasteiger partial charge in [0.1, 0.15) is 0 Å². The summed E-state index contributed by atoms with van der Waals surface area (Å²) < 4.78 is 0. The Labute approximate surface area is 84.4 Å². The Morgan fingerprint density at radius 2 is 1.57 bits per heavy atom. The van der Waals surface area contributed by atoms with Gasteiger partial charge in [-0.1, -0.05) is 13.8 Å². The van der Waals surface area contributed by atoms with Gasteiger partial charge in [0.15, 0.2) is 0 Å². The number of hydrogen-bond acceptors (Lipinski definition) is 3. The van der Waals surface area contributed by atoms with Gasteiger partial charge in [0.2, 0.25) is 11.8 Å². The minimum absolute atomic E-state index is 0.0963. The monoisotopic (exact) mass is 198 g/mol. The molecule has 2 N–H and O–H groups in total. The SMILES string of the molecule is CC1C(=O)N(CC(C)(C)N)C(=O)C1C. The molecule has 2 unspecified atom stereocenters. The largest absolute Gasteiger partial charge is 0.324 e. The van der Waals surface area contributed by atoms with Crippen molar-refractivity contribution < 1.29 is 9.59 Å². The summed E-state index contributed by atoms with van der Waals surface area (Å²) in [6, 6.07) is 0. The lowest BCUT2D eigenvalue weighted by Gasteiger charge is -2.25. The molecular formula is C10H18N2O2. The Hall–Kier alpha value is -0.900. The molecule has 0 saturated carbocycles. The third-order valence-corrected chi connectivity index (χ3v) is 2.63. The van der Waals surface area contributed by atoms with Gasteiger partial charge in [-0.25, -0.2) is 0 Å². The number of hydrogen-bond donors (Lipinski definition) is 1. The number of nitrogens with two attached hydrogens (primary N) is 1. The van der Waals surface area contributed by atoms with E-state index in [1.165, 1.54) is 4.90 Å². The average Bonchev–Trinajstić information content (AvgIpc) is 2.20. The predicted octanol–water partition coefficient (Wildman–Crippen LogP) is 0.365. The molecule has 0 aromatic carbocycles. The smallest absolute Gasteiger partial charge is 0.232 e. The van der Waals surface area contributed by atoms with Crippen LogP contribution < -0.4 is 5.73 Å². The fourth-order valence-electron chi connectivity index (χ4n) is 1.59. The third kappa shape index (κ3) is 1.95. The standard InChI is InChI=1S/C10H18N2O2/c1-6-7(2)9(14)12(8(6)13)5-10(3,4)11/h6-7H,5,11H2,1-4H3. The van der Waals surface area contributed by atoms with Crippen LogP contribution in [0.2, 0.25) is 0 Å². The van der Waals surface area contributed by atoms with Crippen molar-refractivity contribution in [3.05, 3.63) is 0 Å². The molecule has 2 amide bonds. The van der Waals surface area contributed by atoms with Gasteiger partial charge in [-0.2, -0.15) is 0 Å². The van der Waals surface area contributed by atoms with Crippen LogP contribution in [-0.4, -0.2) is 28.8 Å². The maximum atomic E-state index is 11.7. The molecule has 14 heavy (non-hydrogen) atoms. The molecule has 0 radical (unpaired) electrons. The fraction of sp³-hybridized carbons (Fsp3) is 0.800. The highest BCUT2D eigenvalue weighted by molar-refractivity contribution is 6.04. The quantitative estimate of drug-likeness (QED) is 0.652. The van der Waals surface area contributed by atoms with Crippen molar-refractivity contribution in [3.8, 4) is 0 Å². The summed E-state index contributed by atoms with van der Waals surface area (Å²) >= 11 is 0. The van der Waals surface area contributed by atoms with E-state index in [1.807, 2.05) is 0 Å². The number of carbonyl (C=O) groups is 2. The molecule has 4 nitrogen and oxygen atoms in total. The first-order chi connectivity index (χ1) is 6.24. The van der Waals surface area contributed by atoms with Gasteiger partial charge in [-0.15, -0.1) is 0 Å².